The summed E-state index contributed by atoms with van der Waals surface area (Å²) in [6.45, 7) is 2.61. The summed E-state index contributed by atoms with van der Waals surface area (Å²) in [5.41, 5.74) is 2.78. The van der Waals surface area contributed by atoms with E-state index >= 15 is 0 Å². The fourth-order valence-electron chi connectivity index (χ4n) is 3.63. The van der Waals surface area contributed by atoms with E-state index in [-0.39, 0.29) is 42.5 Å². The molecule has 1 aliphatic heterocycles. The Balaban J connectivity index is 1.67. The molecule has 0 radical (unpaired) electrons. The largest absolute Gasteiger partial charge is 0.356 e. The van der Waals surface area contributed by atoms with E-state index in [0.717, 1.165) is 5.56 Å². The van der Waals surface area contributed by atoms with Crippen molar-refractivity contribution < 1.29 is 18.4 Å². The Kier molecular flexibility index (Phi) is 5.70. The van der Waals surface area contributed by atoms with Gasteiger partial charge in [-0.15, -0.1) is 0 Å². The van der Waals surface area contributed by atoms with Gasteiger partial charge in [-0.05, 0) is 42.3 Å². The van der Waals surface area contributed by atoms with Crippen LogP contribution < -0.4 is 10.6 Å². The van der Waals surface area contributed by atoms with Gasteiger partial charge in [0, 0.05) is 24.9 Å². The highest BCUT2D eigenvalue weighted by molar-refractivity contribution is 5.99. The Hall–Kier alpha value is -3.68. The third kappa shape index (κ3) is 4.28. The molecule has 2 N–H and O–H groups in total. The highest BCUT2D eigenvalue weighted by Gasteiger charge is 2.26. The van der Waals surface area contributed by atoms with Crippen LogP contribution in [0.15, 0.2) is 42.6 Å². The van der Waals surface area contributed by atoms with Crippen molar-refractivity contribution in [1.29, 1.82) is 0 Å². The lowest BCUT2D eigenvalue weighted by molar-refractivity contribution is -0.120. The normalized spacial score (nSPS) is 12.4. The number of amides is 2. The summed E-state index contributed by atoms with van der Waals surface area (Å²) in [7, 11) is 0. The molecular formula is C23H20F2N4O2. The number of rotatable bonds is 6. The van der Waals surface area contributed by atoms with E-state index in [1.807, 2.05) is 6.92 Å². The predicted molar refractivity (Wildman–Crippen MR) is 110 cm³/mol. The number of hydrogen-bond acceptors (Lipinski definition) is 4. The molecule has 2 aromatic heterocycles. The van der Waals surface area contributed by atoms with Crippen LogP contribution >= 0.6 is 0 Å². The minimum absolute atomic E-state index is 0.0859. The number of nitrogens with zero attached hydrogens (tertiary/aromatic N) is 2. The Morgan fingerprint density at radius 2 is 1.94 bits per heavy atom. The van der Waals surface area contributed by atoms with E-state index in [9.17, 15) is 18.4 Å². The molecule has 158 valence electrons. The van der Waals surface area contributed by atoms with E-state index in [1.54, 1.807) is 18.3 Å². The predicted octanol–water partition coefficient (Wildman–Crippen LogP) is 2.93. The minimum Gasteiger partial charge on any atom is -0.356 e. The number of benzene rings is 1. The van der Waals surface area contributed by atoms with Gasteiger partial charge in [-0.25, -0.2) is 13.8 Å². The van der Waals surface area contributed by atoms with Crippen LogP contribution in [0.4, 0.5) is 8.78 Å². The molecule has 31 heavy (non-hydrogen) atoms. The summed E-state index contributed by atoms with van der Waals surface area (Å²) in [6, 6.07) is 8.75. The second-order valence-corrected chi connectivity index (χ2v) is 7.23. The SMILES string of the molecule is CCNC(=O)Cc1ccc(Cc2cc(-c3c(F)cccc3F)nc3c2C(=O)NC3)nc1. The molecule has 1 aromatic carbocycles. The second kappa shape index (κ2) is 8.59. The Labute approximate surface area is 177 Å². The molecule has 3 heterocycles. The molecule has 8 heteroatoms. The average molecular weight is 422 g/mol. The lowest BCUT2D eigenvalue weighted by atomic mass is 9.98. The fourth-order valence-corrected chi connectivity index (χ4v) is 3.63. The van der Waals surface area contributed by atoms with Gasteiger partial charge >= 0.3 is 0 Å². The second-order valence-electron chi connectivity index (χ2n) is 7.23. The fraction of sp³-hybridized carbons (Fsp3) is 0.217. The van der Waals surface area contributed by atoms with E-state index < -0.39 is 11.6 Å². The zero-order chi connectivity index (χ0) is 22.0. The quantitative estimate of drug-likeness (QED) is 0.640. The Bertz CT molecular complexity index is 1140. The van der Waals surface area contributed by atoms with Gasteiger partial charge in [-0.1, -0.05) is 12.1 Å². The molecular weight excluding hydrogens is 402 g/mol. The molecule has 0 saturated heterocycles. The smallest absolute Gasteiger partial charge is 0.253 e. The van der Waals surface area contributed by atoms with Crippen LogP contribution in [0.5, 0.6) is 0 Å². The number of halogens is 2. The van der Waals surface area contributed by atoms with E-state index in [4.69, 9.17) is 0 Å². The molecule has 4 rings (SSSR count). The van der Waals surface area contributed by atoms with Crippen LogP contribution in [-0.4, -0.2) is 28.3 Å². The lowest BCUT2D eigenvalue weighted by Gasteiger charge is -2.11. The summed E-state index contributed by atoms with van der Waals surface area (Å²) in [5.74, 6) is -1.80. The first-order valence-corrected chi connectivity index (χ1v) is 9.92. The van der Waals surface area contributed by atoms with Gasteiger partial charge in [-0.3, -0.25) is 14.6 Å². The van der Waals surface area contributed by atoms with Gasteiger partial charge in [0.15, 0.2) is 0 Å². The van der Waals surface area contributed by atoms with Crippen molar-refractivity contribution in [2.24, 2.45) is 0 Å². The van der Waals surface area contributed by atoms with Gasteiger partial charge in [-0.2, -0.15) is 0 Å². The van der Waals surface area contributed by atoms with Crippen molar-refractivity contribution in [2.75, 3.05) is 6.54 Å². The molecule has 0 atom stereocenters. The van der Waals surface area contributed by atoms with E-state index in [1.165, 1.54) is 24.3 Å². The monoisotopic (exact) mass is 422 g/mol. The topological polar surface area (TPSA) is 84.0 Å². The maximum absolute atomic E-state index is 14.3. The average Bonchev–Trinajstić information content (AvgIpc) is 3.11. The molecule has 1 aliphatic rings. The van der Waals surface area contributed by atoms with Crippen LogP contribution in [-0.2, 0) is 24.2 Å². The standard InChI is InChI=1S/C23H20F2N4O2/c1-2-26-20(30)8-13-6-7-15(27-11-13)9-14-10-18(22-16(24)4-3-5-17(22)25)29-19-12-28-23(31)21(14)19/h3-7,10-11H,2,8-9,12H2,1H3,(H,26,30)(H,28,31). The van der Waals surface area contributed by atoms with Crippen LogP contribution in [0.25, 0.3) is 11.3 Å². The van der Waals surface area contributed by atoms with Gasteiger partial charge in [0.25, 0.3) is 5.91 Å². The summed E-state index contributed by atoms with van der Waals surface area (Å²) in [6.07, 6.45) is 2.12. The van der Waals surface area contributed by atoms with Gasteiger partial charge < -0.3 is 10.6 Å². The van der Waals surface area contributed by atoms with Gasteiger partial charge in [0.05, 0.1) is 35.5 Å². The van der Waals surface area contributed by atoms with Crippen molar-refractivity contribution in [3.05, 3.63) is 82.3 Å². The number of carbonyl (C=O) groups is 2. The van der Waals surface area contributed by atoms with Crippen molar-refractivity contribution >= 4 is 11.8 Å². The molecule has 3 aromatic rings. The van der Waals surface area contributed by atoms with Crippen molar-refractivity contribution in [3.63, 3.8) is 0 Å². The highest BCUT2D eigenvalue weighted by atomic mass is 19.1. The van der Waals surface area contributed by atoms with Gasteiger partial charge in [0.2, 0.25) is 5.91 Å². The van der Waals surface area contributed by atoms with Crippen LogP contribution in [0.1, 0.15) is 39.8 Å². The highest BCUT2D eigenvalue weighted by Crippen LogP contribution is 2.30. The summed E-state index contributed by atoms with van der Waals surface area (Å²) in [4.78, 5) is 32.8. The summed E-state index contributed by atoms with van der Waals surface area (Å²) < 4.78 is 28.6. The van der Waals surface area contributed by atoms with Gasteiger partial charge in [0.1, 0.15) is 11.6 Å². The van der Waals surface area contributed by atoms with E-state index in [0.29, 0.717) is 29.1 Å². The molecule has 0 bridgehead atoms. The van der Waals surface area contributed by atoms with Crippen LogP contribution in [0.2, 0.25) is 0 Å². The lowest BCUT2D eigenvalue weighted by Crippen LogP contribution is -2.24. The molecule has 0 unspecified atom stereocenters. The number of likely N-dealkylation sites (N-methyl/N-ethyl adjacent to an activating group) is 1. The zero-order valence-corrected chi connectivity index (χ0v) is 16.8. The third-order valence-electron chi connectivity index (χ3n) is 5.03. The molecule has 0 saturated carbocycles. The molecule has 0 spiro atoms. The molecule has 2 amide bonds. The van der Waals surface area contributed by atoms with E-state index in [2.05, 4.69) is 20.6 Å². The third-order valence-corrected chi connectivity index (χ3v) is 5.03. The Morgan fingerprint density at radius 3 is 2.61 bits per heavy atom. The summed E-state index contributed by atoms with van der Waals surface area (Å²) in [5, 5.41) is 5.44. The van der Waals surface area contributed by atoms with Crippen molar-refractivity contribution in [1.82, 2.24) is 20.6 Å². The first-order chi connectivity index (χ1) is 15.0. The first kappa shape index (κ1) is 20.6. The number of carbonyl (C=O) groups excluding carboxylic acids is 2. The molecule has 6 nitrogen and oxygen atoms in total. The number of fused-ring (bicyclic) bond motifs is 1. The summed E-state index contributed by atoms with van der Waals surface area (Å²) >= 11 is 0. The molecule has 0 fully saturated rings. The Morgan fingerprint density at radius 1 is 1.16 bits per heavy atom. The maximum atomic E-state index is 14.3. The minimum atomic E-state index is -0.719. The number of pyridine rings is 2. The van der Waals surface area contributed by atoms with Crippen molar-refractivity contribution in [3.8, 4) is 11.3 Å². The molecule has 0 aliphatic carbocycles. The van der Waals surface area contributed by atoms with Crippen molar-refractivity contribution in [2.45, 2.75) is 26.3 Å². The maximum Gasteiger partial charge on any atom is 0.253 e. The first-order valence-electron chi connectivity index (χ1n) is 9.92. The van der Waals surface area contributed by atoms with Crippen LogP contribution in [0, 0.1) is 11.6 Å². The van der Waals surface area contributed by atoms with Crippen LogP contribution in [0.3, 0.4) is 0 Å². The zero-order valence-electron chi connectivity index (χ0n) is 16.8. The number of hydrogen-bond donors (Lipinski definition) is 2. The number of aromatic nitrogens is 2. The number of nitrogens with one attached hydrogen (secondary N) is 2.